The van der Waals surface area contributed by atoms with Crippen LogP contribution < -0.4 is 0 Å². The number of carbonyl (C=O) groups is 2. The lowest BCUT2D eigenvalue weighted by atomic mass is 10.1. The second-order valence-electron chi connectivity index (χ2n) is 4.61. The molecule has 0 aromatic carbocycles. The molecule has 1 aromatic heterocycles. The normalized spacial score (nSPS) is 19.6. The summed E-state index contributed by atoms with van der Waals surface area (Å²) < 4.78 is 1.84. The molecule has 1 unspecified atom stereocenters. The molecule has 1 aromatic rings. The van der Waals surface area contributed by atoms with Gasteiger partial charge < -0.3 is 10.0 Å². The van der Waals surface area contributed by atoms with Gasteiger partial charge in [-0.15, -0.1) is 0 Å². The molecule has 1 amide bonds. The second kappa shape index (κ2) is 4.80. The van der Waals surface area contributed by atoms with Crippen molar-refractivity contribution < 1.29 is 14.7 Å². The molecule has 0 radical (unpaired) electrons. The molecule has 1 aliphatic rings. The highest BCUT2D eigenvalue weighted by molar-refractivity contribution is 5.86. The lowest BCUT2D eigenvalue weighted by Gasteiger charge is -2.16. The van der Waals surface area contributed by atoms with E-state index in [9.17, 15) is 9.59 Å². The van der Waals surface area contributed by atoms with E-state index in [1.807, 2.05) is 24.6 Å². The lowest BCUT2D eigenvalue weighted by molar-refractivity contribution is -0.141. The first-order valence-electron chi connectivity index (χ1n) is 6.05. The highest BCUT2D eigenvalue weighted by atomic mass is 16.4. The minimum atomic E-state index is -0.897. The number of nitrogens with zero attached hydrogens (tertiary/aromatic N) is 3. The van der Waals surface area contributed by atoms with Gasteiger partial charge >= 0.3 is 5.97 Å². The zero-order valence-corrected chi connectivity index (χ0v) is 10.6. The van der Waals surface area contributed by atoms with Crippen LogP contribution in [0.1, 0.15) is 24.7 Å². The molecule has 0 aliphatic carbocycles. The summed E-state index contributed by atoms with van der Waals surface area (Å²) >= 11 is 0. The average molecular weight is 251 g/mol. The molecule has 0 bridgehead atoms. The third-order valence-corrected chi connectivity index (χ3v) is 3.20. The quantitative estimate of drug-likeness (QED) is 0.852. The third kappa shape index (κ3) is 2.37. The fourth-order valence-corrected chi connectivity index (χ4v) is 2.29. The summed E-state index contributed by atoms with van der Waals surface area (Å²) in [4.78, 5) is 24.2. The highest BCUT2D eigenvalue weighted by Gasteiger charge is 2.34. The van der Waals surface area contributed by atoms with Crippen LogP contribution in [0.4, 0.5) is 0 Å². The van der Waals surface area contributed by atoms with E-state index in [-0.39, 0.29) is 12.3 Å². The fraction of sp³-hybridized carbons (Fsp3) is 0.583. The maximum Gasteiger partial charge on any atom is 0.308 e. The van der Waals surface area contributed by atoms with Gasteiger partial charge in [-0.3, -0.25) is 14.3 Å². The van der Waals surface area contributed by atoms with Crippen LogP contribution in [0, 0.1) is 12.8 Å². The number of rotatable bonds is 4. The molecule has 1 N–H and O–H groups in total. The molecule has 6 heteroatoms. The fourth-order valence-electron chi connectivity index (χ4n) is 2.29. The van der Waals surface area contributed by atoms with Gasteiger partial charge in [0.05, 0.1) is 23.9 Å². The maximum atomic E-state index is 11.7. The molecule has 1 aliphatic heterocycles. The highest BCUT2D eigenvalue weighted by Crippen LogP contribution is 2.20. The Labute approximate surface area is 105 Å². The maximum absolute atomic E-state index is 11.7. The van der Waals surface area contributed by atoms with Gasteiger partial charge in [-0.25, -0.2) is 0 Å². The van der Waals surface area contributed by atoms with Crippen LogP contribution >= 0.6 is 0 Å². The Bertz CT molecular complexity index is 481. The van der Waals surface area contributed by atoms with E-state index in [0.717, 1.165) is 17.9 Å². The van der Waals surface area contributed by atoms with Crippen molar-refractivity contribution in [1.29, 1.82) is 0 Å². The Balaban J connectivity index is 2.10. The van der Waals surface area contributed by atoms with Crippen molar-refractivity contribution in [2.24, 2.45) is 5.92 Å². The van der Waals surface area contributed by atoms with Crippen LogP contribution in [0.5, 0.6) is 0 Å². The first kappa shape index (κ1) is 12.6. The van der Waals surface area contributed by atoms with Crippen molar-refractivity contribution in [2.45, 2.75) is 33.4 Å². The Hall–Kier alpha value is -1.85. The monoisotopic (exact) mass is 251 g/mol. The molecule has 98 valence electrons. The van der Waals surface area contributed by atoms with E-state index in [0.29, 0.717) is 13.1 Å². The number of aliphatic carboxylic acids is 1. The molecular weight excluding hydrogens is 234 g/mol. The lowest BCUT2D eigenvalue weighted by Crippen LogP contribution is -2.27. The summed E-state index contributed by atoms with van der Waals surface area (Å²) in [5.41, 5.74) is 1.86. The molecule has 1 saturated heterocycles. The van der Waals surface area contributed by atoms with Crippen molar-refractivity contribution in [3.05, 3.63) is 17.5 Å². The largest absolute Gasteiger partial charge is 0.481 e. The average Bonchev–Trinajstić information content (AvgIpc) is 2.84. The number of hydrogen-bond donors (Lipinski definition) is 1. The van der Waals surface area contributed by atoms with Crippen LogP contribution in [0.25, 0.3) is 0 Å². The van der Waals surface area contributed by atoms with Crippen molar-refractivity contribution in [2.75, 3.05) is 6.54 Å². The van der Waals surface area contributed by atoms with Gasteiger partial charge in [0.1, 0.15) is 0 Å². The van der Waals surface area contributed by atoms with Gasteiger partial charge in [-0.05, 0) is 19.9 Å². The van der Waals surface area contributed by atoms with Crippen molar-refractivity contribution in [3.8, 4) is 0 Å². The van der Waals surface area contributed by atoms with Crippen LogP contribution in [-0.2, 0) is 22.7 Å². The summed E-state index contributed by atoms with van der Waals surface area (Å²) in [6.07, 6.45) is 0.106. The zero-order chi connectivity index (χ0) is 13.3. The Morgan fingerprint density at radius 3 is 2.89 bits per heavy atom. The SMILES string of the molecule is CCn1nc(C)cc1CN1CC(C(=O)O)CC1=O. The number of likely N-dealkylation sites (tertiary alicyclic amines) is 1. The topological polar surface area (TPSA) is 75.4 Å². The molecular formula is C12H17N3O3. The molecule has 18 heavy (non-hydrogen) atoms. The van der Waals surface area contributed by atoms with E-state index < -0.39 is 11.9 Å². The van der Waals surface area contributed by atoms with Gasteiger partial charge in [0.2, 0.25) is 5.91 Å². The third-order valence-electron chi connectivity index (χ3n) is 3.20. The number of hydrogen-bond acceptors (Lipinski definition) is 3. The smallest absolute Gasteiger partial charge is 0.308 e. The number of aromatic nitrogens is 2. The van der Waals surface area contributed by atoms with Crippen LogP contribution in [0.15, 0.2) is 6.07 Å². The first-order chi connectivity index (χ1) is 8.51. The molecule has 2 rings (SSSR count). The number of carbonyl (C=O) groups excluding carboxylic acids is 1. The van der Waals surface area contributed by atoms with Crippen LogP contribution in [0.2, 0.25) is 0 Å². The van der Waals surface area contributed by atoms with Crippen molar-refractivity contribution in [3.63, 3.8) is 0 Å². The van der Waals surface area contributed by atoms with Gasteiger partial charge in [0.15, 0.2) is 0 Å². The van der Waals surface area contributed by atoms with E-state index in [1.54, 1.807) is 4.90 Å². The van der Waals surface area contributed by atoms with Gasteiger partial charge in [-0.1, -0.05) is 0 Å². The zero-order valence-electron chi connectivity index (χ0n) is 10.6. The Morgan fingerprint density at radius 1 is 1.61 bits per heavy atom. The van der Waals surface area contributed by atoms with E-state index >= 15 is 0 Å². The summed E-state index contributed by atoms with van der Waals surface area (Å²) in [7, 11) is 0. The predicted octanol–water partition coefficient (Wildman–Crippen LogP) is 0.645. The minimum absolute atomic E-state index is 0.0936. The van der Waals surface area contributed by atoms with E-state index in [2.05, 4.69) is 5.10 Å². The summed E-state index contributed by atoms with van der Waals surface area (Å²) in [5.74, 6) is -1.56. The van der Waals surface area contributed by atoms with Gasteiger partial charge in [-0.2, -0.15) is 5.10 Å². The summed E-state index contributed by atoms with van der Waals surface area (Å²) in [6, 6.07) is 1.94. The number of amides is 1. The standard InChI is InChI=1S/C12H17N3O3/c1-3-15-10(4-8(2)13-15)7-14-6-9(12(17)18)5-11(14)16/h4,9H,3,5-7H2,1-2H3,(H,17,18). The van der Waals surface area contributed by atoms with Crippen molar-refractivity contribution in [1.82, 2.24) is 14.7 Å². The molecule has 6 nitrogen and oxygen atoms in total. The Morgan fingerprint density at radius 2 is 2.33 bits per heavy atom. The van der Waals surface area contributed by atoms with E-state index in [4.69, 9.17) is 5.11 Å². The van der Waals surface area contributed by atoms with Gasteiger partial charge in [0.25, 0.3) is 0 Å². The van der Waals surface area contributed by atoms with Gasteiger partial charge in [0, 0.05) is 19.5 Å². The minimum Gasteiger partial charge on any atom is -0.481 e. The first-order valence-corrected chi connectivity index (χ1v) is 6.05. The van der Waals surface area contributed by atoms with Crippen LogP contribution in [0.3, 0.4) is 0 Å². The van der Waals surface area contributed by atoms with E-state index in [1.165, 1.54) is 0 Å². The molecule has 1 fully saturated rings. The number of carboxylic acids is 1. The molecule has 0 spiro atoms. The Kier molecular flexibility index (Phi) is 3.36. The summed E-state index contributed by atoms with van der Waals surface area (Å²) in [6.45, 7) is 5.37. The molecule has 0 saturated carbocycles. The predicted molar refractivity (Wildman–Crippen MR) is 63.8 cm³/mol. The molecule has 2 heterocycles. The number of aryl methyl sites for hydroxylation is 2. The van der Waals surface area contributed by atoms with Crippen LogP contribution in [-0.4, -0.2) is 38.2 Å². The summed E-state index contributed by atoms with van der Waals surface area (Å²) in [5, 5.41) is 13.2. The number of carboxylic acid groups (broad SMARTS) is 1. The molecule has 1 atom stereocenters. The van der Waals surface area contributed by atoms with Crippen molar-refractivity contribution >= 4 is 11.9 Å². The second-order valence-corrected chi connectivity index (χ2v) is 4.61.